The average molecular weight is 505 g/mol. The molecule has 0 bridgehead atoms. The number of hydrogen-bond donors (Lipinski definition) is 1. The van der Waals surface area contributed by atoms with Crippen LogP contribution in [0.15, 0.2) is 45.8 Å². The van der Waals surface area contributed by atoms with E-state index in [9.17, 15) is 33.2 Å². The monoisotopic (exact) mass is 504 g/mol. The van der Waals surface area contributed by atoms with Crippen LogP contribution < -0.4 is 4.90 Å². The van der Waals surface area contributed by atoms with Gasteiger partial charge in [0.05, 0.1) is 25.6 Å². The Balaban J connectivity index is 1.99. The number of phenolic OH excluding ortho intramolecular Hbond substituents is 1. The van der Waals surface area contributed by atoms with Crippen LogP contribution in [0.25, 0.3) is 6.08 Å². The molecule has 150 valence electrons. The van der Waals surface area contributed by atoms with E-state index in [-0.39, 0.29) is 25.6 Å². The molecule has 0 aromatic heterocycles. The van der Waals surface area contributed by atoms with Gasteiger partial charge in [-0.15, -0.1) is 0 Å². The van der Waals surface area contributed by atoms with Crippen LogP contribution in [0, 0.1) is 10.1 Å². The van der Waals surface area contributed by atoms with Crippen molar-refractivity contribution in [2.24, 2.45) is 0 Å². The number of benzene rings is 2. The molecule has 2 aromatic carbocycles. The predicted octanol–water partition coefficient (Wildman–Crippen LogP) is 6.12. The minimum absolute atomic E-state index is 0.0359. The van der Waals surface area contributed by atoms with E-state index in [0.29, 0.717) is 11.8 Å². The number of alkyl halides is 3. The summed E-state index contributed by atoms with van der Waals surface area (Å²) in [6, 6.07) is 6.66. The largest absolute Gasteiger partial charge is 0.501 e. The molecule has 6 nitrogen and oxygen atoms in total. The molecule has 1 aliphatic rings. The Bertz CT molecular complexity index is 1090. The number of phenols is 1. The van der Waals surface area contributed by atoms with Crippen LogP contribution in [0.5, 0.6) is 5.75 Å². The number of rotatable bonds is 3. The number of thiocarbonyl (C=S) groups is 1. The Labute approximate surface area is 179 Å². The summed E-state index contributed by atoms with van der Waals surface area (Å²) in [5.41, 5.74) is -1.25. The molecule has 1 N–H and O–H groups in total. The molecular weight excluding hydrogens is 497 g/mol. The molecular formula is C17H8BrF3N2O4S2. The SMILES string of the molecule is O=C1S/C(=C\c2cc(Br)c(O)c([N+](=O)[O-])c2)C(=S)N1c1cccc(C(F)(F)F)c1. The lowest BCUT2D eigenvalue weighted by atomic mass is 10.1. The maximum atomic E-state index is 13.0. The van der Waals surface area contributed by atoms with Crippen molar-refractivity contribution in [1.29, 1.82) is 0 Å². The van der Waals surface area contributed by atoms with Gasteiger partial charge in [-0.1, -0.05) is 18.3 Å². The summed E-state index contributed by atoms with van der Waals surface area (Å²) in [7, 11) is 0. The number of hydrogen-bond acceptors (Lipinski definition) is 6. The van der Waals surface area contributed by atoms with E-state index in [1.54, 1.807) is 0 Å². The number of nitro benzene ring substituents is 1. The maximum absolute atomic E-state index is 13.0. The average Bonchev–Trinajstić information content (AvgIpc) is 2.90. The number of nitro groups is 1. The zero-order valence-electron chi connectivity index (χ0n) is 13.9. The van der Waals surface area contributed by atoms with Crippen LogP contribution in [-0.2, 0) is 6.18 Å². The first-order valence-electron chi connectivity index (χ1n) is 7.61. The summed E-state index contributed by atoms with van der Waals surface area (Å²) < 4.78 is 38.9. The first-order chi connectivity index (χ1) is 13.5. The summed E-state index contributed by atoms with van der Waals surface area (Å²) in [5, 5.41) is 20.2. The molecule has 1 heterocycles. The van der Waals surface area contributed by atoms with Crippen molar-refractivity contribution < 1.29 is 28.0 Å². The van der Waals surface area contributed by atoms with Crippen molar-refractivity contribution in [3.05, 3.63) is 67.0 Å². The first kappa shape index (κ1) is 21.3. The number of nitrogens with zero attached hydrogens (tertiary/aromatic N) is 2. The quantitative estimate of drug-likeness (QED) is 0.234. The number of aromatic hydroxyl groups is 1. The van der Waals surface area contributed by atoms with Crippen LogP contribution in [-0.4, -0.2) is 20.3 Å². The second-order valence-electron chi connectivity index (χ2n) is 5.69. The summed E-state index contributed by atoms with van der Waals surface area (Å²) >= 11 is 8.94. The molecule has 0 unspecified atom stereocenters. The molecule has 3 rings (SSSR count). The van der Waals surface area contributed by atoms with E-state index in [4.69, 9.17) is 12.2 Å². The minimum Gasteiger partial charge on any atom is -0.501 e. The van der Waals surface area contributed by atoms with E-state index in [1.165, 1.54) is 24.3 Å². The second-order valence-corrected chi connectivity index (χ2v) is 7.93. The normalized spacial score (nSPS) is 16.0. The van der Waals surface area contributed by atoms with Gasteiger partial charge >= 0.3 is 11.9 Å². The van der Waals surface area contributed by atoms with Crippen LogP contribution in [0.2, 0.25) is 0 Å². The summed E-state index contributed by atoms with van der Waals surface area (Å²) in [5.74, 6) is -0.555. The lowest BCUT2D eigenvalue weighted by Crippen LogP contribution is -2.26. The molecule has 12 heteroatoms. The standard InChI is InChI=1S/C17H8BrF3N2O4S2/c18-11-4-8(5-12(14(11)24)23(26)27)6-13-15(28)22(16(25)29-13)10-3-1-2-9(7-10)17(19,20)21/h1-7,24H/b13-6-. The lowest BCUT2D eigenvalue weighted by Gasteiger charge is -2.16. The molecule has 0 spiro atoms. The number of amides is 1. The second kappa shape index (κ2) is 7.76. The third-order valence-electron chi connectivity index (χ3n) is 3.79. The molecule has 0 atom stereocenters. The summed E-state index contributed by atoms with van der Waals surface area (Å²) in [4.78, 5) is 23.8. The van der Waals surface area contributed by atoms with Gasteiger partial charge in [0.1, 0.15) is 4.99 Å². The van der Waals surface area contributed by atoms with Gasteiger partial charge in [-0.25, -0.2) is 0 Å². The minimum atomic E-state index is -4.58. The van der Waals surface area contributed by atoms with Crippen molar-refractivity contribution in [2.45, 2.75) is 6.18 Å². The van der Waals surface area contributed by atoms with Crippen LogP contribution >= 0.6 is 39.9 Å². The van der Waals surface area contributed by atoms with Gasteiger partial charge in [0.2, 0.25) is 5.75 Å². The zero-order valence-corrected chi connectivity index (χ0v) is 17.2. The van der Waals surface area contributed by atoms with E-state index < -0.39 is 33.3 Å². The van der Waals surface area contributed by atoms with Gasteiger partial charge in [-0.05, 0) is 63.6 Å². The predicted molar refractivity (Wildman–Crippen MR) is 110 cm³/mol. The van der Waals surface area contributed by atoms with Crippen molar-refractivity contribution >= 4 is 67.6 Å². The summed E-state index contributed by atoms with van der Waals surface area (Å²) in [6.45, 7) is 0. The highest BCUT2D eigenvalue weighted by molar-refractivity contribution is 9.10. The fraction of sp³-hybridized carbons (Fsp3) is 0.0588. The number of halogens is 4. The van der Waals surface area contributed by atoms with Gasteiger partial charge in [-0.2, -0.15) is 13.2 Å². The van der Waals surface area contributed by atoms with Crippen molar-refractivity contribution in [3.63, 3.8) is 0 Å². The number of carbonyl (C=O) groups excluding carboxylic acids is 1. The Kier molecular flexibility index (Phi) is 5.70. The van der Waals surface area contributed by atoms with E-state index in [0.717, 1.165) is 23.1 Å². The van der Waals surface area contributed by atoms with Gasteiger partial charge in [0.15, 0.2) is 0 Å². The highest BCUT2D eigenvalue weighted by Gasteiger charge is 2.36. The smallest absolute Gasteiger partial charge is 0.416 e. The van der Waals surface area contributed by atoms with Crippen molar-refractivity contribution in [2.75, 3.05) is 4.90 Å². The van der Waals surface area contributed by atoms with Crippen LogP contribution in [0.4, 0.5) is 29.3 Å². The molecule has 0 radical (unpaired) electrons. The summed E-state index contributed by atoms with van der Waals surface area (Å²) in [6.07, 6.45) is -3.20. The highest BCUT2D eigenvalue weighted by atomic mass is 79.9. The third-order valence-corrected chi connectivity index (χ3v) is 5.81. The number of carbonyl (C=O) groups is 1. The first-order valence-corrected chi connectivity index (χ1v) is 9.63. The van der Waals surface area contributed by atoms with E-state index in [1.807, 2.05) is 0 Å². The third kappa shape index (κ3) is 4.28. The molecule has 1 amide bonds. The van der Waals surface area contributed by atoms with Gasteiger partial charge < -0.3 is 5.11 Å². The molecule has 2 aromatic rings. The van der Waals surface area contributed by atoms with E-state index >= 15 is 0 Å². The fourth-order valence-corrected chi connectivity index (χ4v) is 4.24. The molecule has 0 saturated carbocycles. The Morgan fingerprint density at radius 1 is 1.28 bits per heavy atom. The topological polar surface area (TPSA) is 83.7 Å². The van der Waals surface area contributed by atoms with Crippen molar-refractivity contribution in [3.8, 4) is 5.75 Å². The van der Waals surface area contributed by atoms with Gasteiger partial charge in [0, 0.05) is 6.07 Å². The van der Waals surface area contributed by atoms with Crippen LogP contribution in [0.3, 0.4) is 0 Å². The Hall–Kier alpha value is -2.44. The Morgan fingerprint density at radius 2 is 1.97 bits per heavy atom. The molecule has 1 saturated heterocycles. The van der Waals surface area contributed by atoms with Crippen molar-refractivity contribution in [1.82, 2.24) is 0 Å². The van der Waals surface area contributed by atoms with E-state index in [2.05, 4.69) is 15.9 Å². The van der Waals surface area contributed by atoms with Gasteiger partial charge in [0.25, 0.3) is 5.24 Å². The molecule has 0 aliphatic carbocycles. The maximum Gasteiger partial charge on any atom is 0.416 e. The zero-order chi connectivity index (χ0) is 21.5. The highest BCUT2D eigenvalue weighted by Crippen LogP contribution is 2.40. The molecule has 1 aliphatic heterocycles. The Morgan fingerprint density at radius 3 is 2.59 bits per heavy atom. The van der Waals surface area contributed by atoms with Crippen LogP contribution in [0.1, 0.15) is 11.1 Å². The number of thioether (sulfide) groups is 1. The lowest BCUT2D eigenvalue weighted by molar-refractivity contribution is -0.386. The van der Waals surface area contributed by atoms with Gasteiger partial charge in [-0.3, -0.25) is 19.8 Å². The number of anilines is 1. The fourth-order valence-electron chi connectivity index (χ4n) is 2.49. The molecule has 29 heavy (non-hydrogen) atoms. The molecule has 1 fully saturated rings.